The van der Waals surface area contributed by atoms with Gasteiger partial charge in [-0.25, -0.2) is 0 Å². The number of H-pyrrole nitrogens is 1. The van der Waals surface area contributed by atoms with Crippen molar-refractivity contribution >= 4 is 23.5 Å². The lowest BCUT2D eigenvalue weighted by Gasteiger charge is -2.39. The molecule has 1 aliphatic heterocycles. The standard InChI is InChI=1S/C21H26N4O2/c1-3-19(27)25-10-6-9-21(2,13-25)18-12-14(20(23)24-18)11-16(22)15-7-4-5-8-17(15)26/h3-5,7-8,11-12,24,26H,1,6,9-10,13,22-23H2,2H3/b16-11-. The number of nitrogens with one attached hydrogen (secondary N) is 1. The second-order valence-corrected chi connectivity index (χ2v) is 7.30. The highest BCUT2D eigenvalue weighted by atomic mass is 16.3. The molecule has 6 nitrogen and oxygen atoms in total. The second-order valence-electron chi connectivity index (χ2n) is 7.30. The fourth-order valence-electron chi connectivity index (χ4n) is 3.67. The molecule has 0 bridgehead atoms. The zero-order valence-corrected chi connectivity index (χ0v) is 15.5. The van der Waals surface area contributed by atoms with Gasteiger partial charge in [0.1, 0.15) is 11.6 Å². The van der Waals surface area contributed by atoms with Crippen molar-refractivity contribution in [2.24, 2.45) is 5.73 Å². The van der Waals surface area contributed by atoms with Crippen molar-refractivity contribution < 1.29 is 9.90 Å². The number of aromatic hydroxyl groups is 1. The summed E-state index contributed by atoms with van der Waals surface area (Å²) in [5.41, 5.74) is 14.8. The molecular formula is C21H26N4O2. The first-order valence-electron chi connectivity index (χ1n) is 9.00. The number of amides is 1. The Hall–Kier alpha value is -3.15. The van der Waals surface area contributed by atoms with Gasteiger partial charge in [0, 0.05) is 41.0 Å². The number of carbonyl (C=O) groups excluding carboxylic acids is 1. The van der Waals surface area contributed by atoms with Crippen LogP contribution in [0.1, 0.15) is 36.6 Å². The molecule has 1 amide bonds. The number of benzene rings is 1. The normalized spacial score (nSPS) is 20.5. The van der Waals surface area contributed by atoms with Gasteiger partial charge in [0.2, 0.25) is 5.91 Å². The minimum atomic E-state index is -0.221. The number of phenolic OH excluding ortho intramolecular Hbond substituents is 1. The fraction of sp³-hybridized carbons (Fsp3) is 0.286. The van der Waals surface area contributed by atoms with E-state index in [1.54, 1.807) is 24.3 Å². The summed E-state index contributed by atoms with van der Waals surface area (Å²) in [6.07, 6.45) is 4.98. The Morgan fingerprint density at radius 3 is 2.85 bits per heavy atom. The maximum atomic E-state index is 12.0. The number of piperidine rings is 1. The van der Waals surface area contributed by atoms with Crippen LogP contribution in [0.3, 0.4) is 0 Å². The van der Waals surface area contributed by atoms with Gasteiger partial charge >= 0.3 is 0 Å². The minimum Gasteiger partial charge on any atom is -0.507 e. The second kappa shape index (κ2) is 7.23. The first kappa shape index (κ1) is 18.6. The van der Waals surface area contributed by atoms with Crippen LogP contribution in [-0.2, 0) is 10.2 Å². The topological polar surface area (TPSA) is 108 Å². The van der Waals surface area contributed by atoms with Crippen LogP contribution in [0, 0.1) is 0 Å². The van der Waals surface area contributed by atoms with E-state index >= 15 is 0 Å². The van der Waals surface area contributed by atoms with Crippen LogP contribution >= 0.6 is 0 Å². The van der Waals surface area contributed by atoms with Gasteiger partial charge in [-0.1, -0.05) is 25.6 Å². The molecule has 27 heavy (non-hydrogen) atoms. The summed E-state index contributed by atoms with van der Waals surface area (Å²) in [5, 5.41) is 9.98. The molecule has 2 aromatic rings. The molecule has 6 heteroatoms. The lowest BCUT2D eigenvalue weighted by molar-refractivity contribution is -0.128. The molecule has 0 aliphatic carbocycles. The highest BCUT2D eigenvalue weighted by Crippen LogP contribution is 2.35. The molecular weight excluding hydrogens is 340 g/mol. The predicted octanol–water partition coefficient (Wildman–Crippen LogP) is 2.83. The first-order chi connectivity index (χ1) is 12.8. The molecule has 1 aromatic heterocycles. The van der Waals surface area contributed by atoms with Crippen molar-refractivity contribution in [2.75, 3.05) is 18.8 Å². The van der Waals surface area contributed by atoms with Crippen molar-refractivity contribution in [2.45, 2.75) is 25.2 Å². The first-order valence-corrected chi connectivity index (χ1v) is 9.00. The number of aromatic amines is 1. The Labute approximate surface area is 159 Å². The van der Waals surface area contributed by atoms with Gasteiger partial charge in [-0.15, -0.1) is 0 Å². The van der Waals surface area contributed by atoms with E-state index in [0.717, 1.165) is 30.6 Å². The number of nitrogen functional groups attached to an aromatic ring is 1. The van der Waals surface area contributed by atoms with Crippen LogP contribution in [0.25, 0.3) is 11.8 Å². The molecule has 1 aliphatic rings. The maximum Gasteiger partial charge on any atom is 0.245 e. The van der Waals surface area contributed by atoms with E-state index in [-0.39, 0.29) is 17.1 Å². The summed E-state index contributed by atoms with van der Waals surface area (Å²) >= 11 is 0. The van der Waals surface area contributed by atoms with E-state index < -0.39 is 0 Å². The molecule has 1 saturated heterocycles. The highest BCUT2D eigenvalue weighted by Gasteiger charge is 2.35. The average Bonchev–Trinajstić information content (AvgIpc) is 3.02. The van der Waals surface area contributed by atoms with Crippen molar-refractivity contribution in [1.82, 2.24) is 9.88 Å². The van der Waals surface area contributed by atoms with E-state index in [2.05, 4.69) is 18.5 Å². The Morgan fingerprint density at radius 1 is 1.41 bits per heavy atom. The van der Waals surface area contributed by atoms with Crippen LogP contribution < -0.4 is 11.5 Å². The summed E-state index contributed by atoms with van der Waals surface area (Å²) in [7, 11) is 0. The molecule has 142 valence electrons. The molecule has 3 rings (SSSR count). The van der Waals surface area contributed by atoms with Crippen molar-refractivity contribution in [1.29, 1.82) is 0 Å². The number of phenols is 1. The number of likely N-dealkylation sites (tertiary alicyclic amines) is 1. The lowest BCUT2D eigenvalue weighted by atomic mass is 9.79. The number of anilines is 1. The van der Waals surface area contributed by atoms with Crippen molar-refractivity contribution in [3.63, 3.8) is 0 Å². The molecule has 0 spiro atoms. The van der Waals surface area contributed by atoms with Gasteiger partial charge in [-0.05, 0) is 43.2 Å². The third-order valence-electron chi connectivity index (χ3n) is 5.24. The molecule has 1 fully saturated rings. The minimum absolute atomic E-state index is 0.0515. The SMILES string of the molecule is C=CC(=O)N1CCCC(C)(c2cc(/C=C(\N)c3ccccc3O)c(N)[nH]2)C1. The zero-order chi connectivity index (χ0) is 19.6. The number of carbonyl (C=O) groups is 1. The molecule has 6 N–H and O–H groups in total. The summed E-state index contributed by atoms with van der Waals surface area (Å²) in [4.78, 5) is 17.1. The highest BCUT2D eigenvalue weighted by molar-refractivity contribution is 5.87. The van der Waals surface area contributed by atoms with Crippen LogP contribution in [-0.4, -0.2) is 34.0 Å². The Morgan fingerprint density at radius 2 is 2.15 bits per heavy atom. The number of aromatic nitrogens is 1. The summed E-state index contributed by atoms with van der Waals surface area (Å²) in [6, 6.07) is 8.89. The molecule has 0 radical (unpaired) electrons. The molecule has 1 atom stereocenters. The smallest absolute Gasteiger partial charge is 0.245 e. The van der Waals surface area contributed by atoms with Gasteiger partial charge in [-0.2, -0.15) is 0 Å². The number of nitrogens with two attached hydrogens (primary N) is 2. The quantitative estimate of drug-likeness (QED) is 0.624. The lowest BCUT2D eigenvalue weighted by Crippen LogP contribution is -2.46. The van der Waals surface area contributed by atoms with E-state index in [1.165, 1.54) is 6.08 Å². The number of hydrogen-bond acceptors (Lipinski definition) is 4. The van der Waals surface area contributed by atoms with E-state index in [1.807, 2.05) is 17.0 Å². The molecule has 0 saturated carbocycles. The van der Waals surface area contributed by atoms with Crippen molar-refractivity contribution in [3.05, 3.63) is 59.8 Å². The average molecular weight is 366 g/mol. The number of hydrogen-bond donors (Lipinski definition) is 4. The zero-order valence-electron chi connectivity index (χ0n) is 15.5. The van der Waals surface area contributed by atoms with E-state index in [9.17, 15) is 9.90 Å². The monoisotopic (exact) mass is 366 g/mol. The van der Waals surface area contributed by atoms with Crippen molar-refractivity contribution in [3.8, 4) is 5.75 Å². The molecule has 2 heterocycles. The van der Waals surface area contributed by atoms with Crippen LogP contribution in [0.5, 0.6) is 5.75 Å². The molecule has 1 aromatic carbocycles. The Kier molecular flexibility index (Phi) is 4.99. The third-order valence-corrected chi connectivity index (χ3v) is 5.24. The predicted molar refractivity (Wildman–Crippen MR) is 109 cm³/mol. The van der Waals surface area contributed by atoms with Gasteiger partial charge in [-0.3, -0.25) is 4.79 Å². The van der Waals surface area contributed by atoms with Crippen LogP contribution in [0.2, 0.25) is 0 Å². The van der Waals surface area contributed by atoms with Crippen LogP contribution in [0.4, 0.5) is 5.82 Å². The Balaban J connectivity index is 1.90. The number of nitrogens with zero attached hydrogens (tertiary/aromatic N) is 1. The maximum absolute atomic E-state index is 12.0. The van der Waals surface area contributed by atoms with Crippen LogP contribution in [0.15, 0.2) is 43.0 Å². The van der Waals surface area contributed by atoms with Gasteiger partial charge in [0.15, 0.2) is 0 Å². The summed E-state index contributed by atoms with van der Waals surface area (Å²) in [5.74, 6) is 0.583. The number of para-hydroxylation sites is 1. The fourth-order valence-corrected chi connectivity index (χ4v) is 3.67. The largest absolute Gasteiger partial charge is 0.507 e. The Bertz CT molecular complexity index is 899. The van der Waals surface area contributed by atoms with Gasteiger partial charge in [0.05, 0.1) is 0 Å². The van der Waals surface area contributed by atoms with E-state index in [0.29, 0.717) is 23.6 Å². The summed E-state index contributed by atoms with van der Waals surface area (Å²) < 4.78 is 0. The van der Waals surface area contributed by atoms with Gasteiger partial charge in [0.25, 0.3) is 0 Å². The third kappa shape index (κ3) is 3.69. The van der Waals surface area contributed by atoms with Gasteiger partial charge < -0.3 is 26.5 Å². The summed E-state index contributed by atoms with van der Waals surface area (Å²) in [6.45, 7) is 7.05. The van der Waals surface area contributed by atoms with E-state index in [4.69, 9.17) is 11.5 Å². The number of rotatable bonds is 4. The molecule has 1 unspecified atom stereocenters.